The Labute approximate surface area is 139 Å². The first kappa shape index (κ1) is 15.4. The van der Waals surface area contributed by atoms with E-state index in [1.807, 2.05) is 62.4 Å². The number of imide groups is 1. The number of carbonyl (C=O) groups is 2. The van der Waals surface area contributed by atoms with Crippen LogP contribution < -0.4 is 10.6 Å². The zero-order valence-corrected chi connectivity index (χ0v) is 13.7. The highest BCUT2D eigenvalue weighted by atomic mass is 32.2. The van der Waals surface area contributed by atoms with Crippen LogP contribution >= 0.6 is 11.8 Å². The van der Waals surface area contributed by atoms with Gasteiger partial charge >= 0.3 is 0 Å². The van der Waals surface area contributed by atoms with Crippen LogP contribution in [0.2, 0.25) is 0 Å². The molecule has 3 rings (SSSR count). The van der Waals surface area contributed by atoms with E-state index in [2.05, 4.69) is 10.6 Å². The molecule has 2 N–H and O–H groups in total. The first-order chi connectivity index (χ1) is 11.0. The van der Waals surface area contributed by atoms with Crippen molar-refractivity contribution in [2.45, 2.75) is 18.7 Å². The van der Waals surface area contributed by atoms with Crippen LogP contribution in [0.4, 0.5) is 5.69 Å². The third kappa shape index (κ3) is 3.46. The zero-order valence-electron chi connectivity index (χ0n) is 12.8. The number of rotatable bonds is 4. The molecular formula is C18H16N2O2S. The molecule has 2 aromatic rings. The van der Waals surface area contributed by atoms with Gasteiger partial charge < -0.3 is 5.32 Å². The minimum absolute atomic E-state index is 0.296. The van der Waals surface area contributed by atoms with E-state index < -0.39 is 5.91 Å². The van der Waals surface area contributed by atoms with Crippen LogP contribution in [0.15, 0.2) is 64.0 Å². The van der Waals surface area contributed by atoms with Crippen LogP contribution in [0.1, 0.15) is 11.1 Å². The monoisotopic (exact) mass is 324 g/mol. The Morgan fingerprint density at radius 1 is 0.826 bits per heavy atom. The summed E-state index contributed by atoms with van der Waals surface area (Å²) in [5.74, 6) is -0.764. The zero-order chi connectivity index (χ0) is 16.4. The van der Waals surface area contributed by atoms with Gasteiger partial charge in [-0.05, 0) is 38.1 Å². The van der Waals surface area contributed by atoms with Crippen molar-refractivity contribution in [3.8, 4) is 0 Å². The summed E-state index contributed by atoms with van der Waals surface area (Å²) in [6.07, 6.45) is 0. The molecule has 0 fully saturated rings. The molecule has 5 heteroatoms. The molecule has 2 amide bonds. The normalized spacial score (nSPS) is 14.2. The molecule has 116 valence electrons. The summed E-state index contributed by atoms with van der Waals surface area (Å²) in [5, 5.41) is 5.40. The van der Waals surface area contributed by atoms with E-state index >= 15 is 0 Å². The van der Waals surface area contributed by atoms with Crippen molar-refractivity contribution >= 4 is 29.3 Å². The van der Waals surface area contributed by atoms with Gasteiger partial charge in [0.1, 0.15) is 10.6 Å². The molecule has 1 heterocycles. The number of thioether (sulfide) groups is 1. The van der Waals surface area contributed by atoms with Crippen LogP contribution in [0, 0.1) is 13.8 Å². The maximum atomic E-state index is 12.1. The van der Waals surface area contributed by atoms with Crippen molar-refractivity contribution in [1.82, 2.24) is 5.32 Å². The topological polar surface area (TPSA) is 58.2 Å². The highest BCUT2D eigenvalue weighted by Crippen LogP contribution is 2.32. The van der Waals surface area contributed by atoms with E-state index in [-0.39, 0.29) is 5.91 Å². The van der Waals surface area contributed by atoms with Gasteiger partial charge in [0.25, 0.3) is 11.8 Å². The summed E-state index contributed by atoms with van der Waals surface area (Å²) >= 11 is 1.29. The second-order valence-corrected chi connectivity index (χ2v) is 6.48. The molecular weight excluding hydrogens is 308 g/mol. The lowest BCUT2D eigenvalue weighted by molar-refractivity contribution is -0.123. The number of amides is 2. The van der Waals surface area contributed by atoms with Crippen molar-refractivity contribution in [3.63, 3.8) is 0 Å². The molecule has 2 aromatic carbocycles. The third-order valence-corrected chi connectivity index (χ3v) is 4.55. The summed E-state index contributed by atoms with van der Waals surface area (Å²) < 4.78 is 0. The number of hydrogen-bond acceptors (Lipinski definition) is 4. The van der Waals surface area contributed by atoms with Crippen LogP contribution in [-0.2, 0) is 9.59 Å². The van der Waals surface area contributed by atoms with E-state index in [1.54, 1.807) is 0 Å². The molecule has 1 aliphatic heterocycles. The Hall–Kier alpha value is -2.53. The highest BCUT2D eigenvalue weighted by molar-refractivity contribution is 8.04. The first-order valence-corrected chi connectivity index (χ1v) is 8.03. The number of benzene rings is 2. The lowest BCUT2D eigenvalue weighted by Crippen LogP contribution is -2.24. The van der Waals surface area contributed by atoms with Crippen molar-refractivity contribution in [1.29, 1.82) is 0 Å². The predicted molar refractivity (Wildman–Crippen MR) is 92.0 cm³/mol. The Kier molecular flexibility index (Phi) is 4.21. The van der Waals surface area contributed by atoms with Crippen LogP contribution in [0.3, 0.4) is 0 Å². The fraction of sp³-hybridized carbons (Fsp3) is 0.111. The highest BCUT2D eigenvalue weighted by Gasteiger charge is 2.31. The lowest BCUT2D eigenvalue weighted by Gasteiger charge is -2.08. The van der Waals surface area contributed by atoms with E-state index in [4.69, 9.17) is 0 Å². The van der Waals surface area contributed by atoms with E-state index in [0.717, 1.165) is 21.7 Å². The SMILES string of the molecule is Cc1ccc(NC2=C(Sc3ccc(C)cc3)C(=O)NC2=O)cc1. The maximum absolute atomic E-state index is 12.1. The minimum Gasteiger partial charge on any atom is -0.350 e. The van der Waals surface area contributed by atoms with Gasteiger partial charge in [0.05, 0.1) is 0 Å². The van der Waals surface area contributed by atoms with Crippen LogP contribution in [0.5, 0.6) is 0 Å². The van der Waals surface area contributed by atoms with E-state index in [9.17, 15) is 9.59 Å². The minimum atomic E-state index is -0.398. The fourth-order valence-electron chi connectivity index (χ4n) is 2.16. The standard InChI is InChI=1S/C18H16N2O2S/c1-11-3-7-13(8-4-11)19-15-16(18(22)20-17(15)21)23-14-9-5-12(2)6-10-14/h3-10H,1-2H3,(H2,19,20,21,22). The van der Waals surface area contributed by atoms with Crippen molar-refractivity contribution in [2.75, 3.05) is 5.32 Å². The molecule has 0 aromatic heterocycles. The summed E-state index contributed by atoms with van der Waals surface area (Å²) in [4.78, 5) is 25.4. The van der Waals surface area contributed by atoms with Gasteiger partial charge in [-0.3, -0.25) is 14.9 Å². The molecule has 0 aliphatic carbocycles. The van der Waals surface area contributed by atoms with E-state index in [1.165, 1.54) is 11.8 Å². The van der Waals surface area contributed by atoms with Gasteiger partial charge in [0, 0.05) is 10.6 Å². The lowest BCUT2D eigenvalue weighted by atomic mass is 10.2. The molecule has 1 aliphatic rings. The Morgan fingerprint density at radius 2 is 1.39 bits per heavy atom. The molecule has 0 bridgehead atoms. The third-order valence-electron chi connectivity index (χ3n) is 3.45. The molecule has 0 radical (unpaired) electrons. The van der Waals surface area contributed by atoms with E-state index in [0.29, 0.717) is 10.6 Å². The van der Waals surface area contributed by atoms with Crippen LogP contribution in [-0.4, -0.2) is 11.8 Å². The smallest absolute Gasteiger partial charge is 0.275 e. The predicted octanol–water partition coefficient (Wildman–Crippen LogP) is 3.38. The van der Waals surface area contributed by atoms with Crippen LogP contribution in [0.25, 0.3) is 0 Å². The van der Waals surface area contributed by atoms with Gasteiger partial charge in [0.15, 0.2) is 0 Å². The van der Waals surface area contributed by atoms with Gasteiger partial charge in [-0.2, -0.15) is 0 Å². The molecule has 0 unspecified atom stereocenters. The Balaban J connectivity index is 1.90. The van der Waals surface area contributed by atoms with Crippen molar-refractivity contribution < 1.29 is 9.59 Å². The summed E-state index contributed by atoms with van der Waals surface area (Å²) in [7, 11) is 0. The van der Waals surface area contributed by atoms with Gasteiger partial charge in [0.2, 0.25) is 0 Å². The number of anilines is 1. The number of nitrogens with one attached hydrogen (secondary N) is 2. The Morgan fingerprint density at radius 3 is 2.00 bits per heavy atom. The van der Waals surface area contributed by atoms with Crippen molar-refractivity contribution in [2.24, 2.45) is 0 Å². The maximum Gasteiger partial charge on any atom is 0.275 e. The largest absolute Gasteiger partial charge is 0.350 e. The second-order valence-electron chi connectivity index (χ2n) is 5.39. The number of aryl methyl sites for hydroxylation is 2. The number of carbonyl (C=O) groups excluding carboxylic acids is 2. The second kappa shape index (κ2) is 6.30. The average Bonchev–Trinajstić information content (AvgIpc) is 2.78. The summed E-state index contributed by atoms with van der Waals surface area (Å²) in [5.41, 5.74) is 3.35. The van der Waals surface area contributed by atoms with Gasteiger partial charge in [-0.25, -0.2) is 0 Å². The molecule has 0 atom stereocenters. The fourth-order valence-corrected chi connectivity index (χ4v) is 3.05. The summed E-state index contributed by atoms with van der Waals surface area (Å²) in [6.45, 7) is 4.00. The quantitative estimate of drug-likeness (QED) is 0.847. The first-order valence-electron chi connectivity index (χ1n) is 7.21. The molecule has 23 heavy (non-hydrogen) atoms. The van der Waals surface area contributed by atoms with Crippen molar-refractivity contribution in [3.05, 3.63) is 70.3 Å². The number of hydrogen-bond donors (Lipinski definition) is 2. The van der Waals surface area contributed by atoms with Gasteiger partial charge in [-0.15, -0.1) is 0 Å². The molecule has 0 saturated heterocycles. The molecule has 0 spiro atoms. The van der Waals surface area contributed by atoms with Gasteiger partial charge in [-0.1, -0.05) is 47.2 Å². The average molecular weight is 324 g/mol. The molecule has 4 nitrogen and oxygen atoms in total. The Bertz CT molecular complexity index is 725. The molecule has 0 saturated carbocycles. The summed E-state index contributed by atoms with van der Waals surface area (Å²) in [6, 6.07) is 15.5.